The number of oxime groups is 1. The van der Waals surface area contributed by atoms with Crippen LogP contribution in [0, 0.1) is 17.6 Å². The Morgan fingerprint density at radius 2 is 1.90 bits per heavy atom. The Labute approximate surface area is 175 Å². The summed E-state index contributed by atoms with van der Waals surface area (Å²) < 4.78 is 28.5. The number of fused-ring (bicyclic) bond motifs is 1. The van der Waals surface area contributed by atoms with E-state index in [9.17, 15) is 8.78 Å². The molecular formula is C24H27F2N3O. The average Bonchev–Trinajstić information content (AvgIpc) is 3.44. The van der Waals surface area contributed by atoms with E-state index in [0.717, 1.165) is 36.7 Å². The highest BCUT2D eigenvalue weighted by atomic mass is 19.1. The van der Waals surface area contributed by atoms with Crippen LogP contribution in [0.2, 0.25) is 0 Å². The predicted octanol–water partition coefficient (Wildman–Crippen LogP) is 4.53. The van der Waals surface area contributed by atoms with E-state index in [0.29, 0.717) is 31.0 Å². The van der Waals surface area contributed by atoms with Crippen LogP contribution >= 0.6 is 0 Å². The molecule has 6 heteroatoms. The van der Waals surface area contributed by atoms with Crippen LogP contribution in [0.4, 0.5) is 8.78 Å². The molecule has 0 unspecified atom stereocenters. The molecule has 1 saturated carbocycles. The van der Waals surface area contributed by atoms with Crippen molar-refractivity contribution in [3.63, 3.8) is 0 Å². The molecule has 1 fully saturated rings. The molecule has 3 aliphatic rings. The van der Waals surface area contributed by atoms with Gasteiger partial charge < -0.3 is 15.5 Å². The van der Waals surface area contributed by atoms with Crippen LogP contribution in [-0.4, -0.2) is 29.4 Å². The van der Waals surface area contributed by atoms with Gasteiger partial charge in [-0.05, 0) is 36.5 Å². The van der Waals surface area contributed by atoms with Crippen LogP contribution in [0.3, 0.4) is 0 Å². The molecule has 2 atom stereocenters. The fourth-order valence-electron chi connectivity index (χ4n) is 5.48. The van der Waals surface area contributed by atoms with Crippen LogP contribution < -0.4 is 5.73 Å². The highest BCUT2D eigenvalue weighted by molar-refractivity contribution is 5.85. The van der Waals surface area contributed by atoms with Crippen LogP contribution in [0.1, 0.15) is 54.8 Å². The second-order valence-corrected chi connectivity index (χ2v) is 8.74. The molecule has 2 aromatic rings. The molecule has 0 aromatic heterocycles. The molecule has 1 aliphatic carbocycles. The van der Waals surface area contributed by atoms with Crippen molar-refractivity contribution in [1.29, 1.82) is 0 Å². The quantitative estimate of drug-likeness (QED) is 0.807. The van der Waals surface area contributed by atoms with Gasteiger partial charge in [0.25, 0.3) is 0 Å². The van der Waals surface area contributed by atoms with Crippen molar-refractivity contribution in [3.05, 3.63) is 70.8 Å². The molecule has 2 aromatic carbocycles. The summed E-state index contributed by atoms with van der Waals surface area (Å²) in [7, 11) is 0. The molecule has 158 valence electrons. The summed E-state index contributed by atoms with van der Waals surface area (Å²) in [6, 6.07) is 11.5. The van der Waals surface area contributed by atoms with E-state index >= 15 is 0 Å². The van der Waals surface area contributed by atoms with Gasteiger partial charge in [0.15, 0.2) is 5.60 Å². The predicted molar refractivity (Wildman–Crippen MR) is 112 cm³/mol. The first-order valence-electron chi connectivity index (χ1n) is 10.9. The van der Waals surface area contributed by atoms with Gasteiger partial charge in [-0.1, -0.05) is 48.3 Å². The maximum Gasteiger partial charge on any atom is 0.159 e. The molecule has 5 rings (SSSR count). The van der Waals surface area contributed by atoms with E-state index in [2.05, 4.69) is 16.1 Å². The van der Waals surface area contributed by atoms with E-state index in [-0.39, 0.29) is 6.04 Å². The molecule has 0 radical (unpaired) electrons. The van der Waals surface area contributed by atoms with Crippen LogP contribution in [0.5, 0.6) is 0 Å². The van der Waals surface area contributed by atoms with Crippen molar-refractivity contribution < 1.29 is 13.6 Å². The molecule has 0 saturated heterocycles. The summed E-state index contributed by atoms with van der Waals surface area (Å²) in [4.78, 5) is 8.16. The number of amidine groups is 1. The van der Waals surface area contributed by atoms with Crippen molar-refractivity contribution >= 4 is 5.84 Å². The Bertz CT molecular complexity index is 973. The van der Waals surface area contributed by atoms with Crippen molar-refractivity contribution in [3.8, 4) is 0 Å². The molecule has 2 heterocycles. The zero-order valence-corrected chi connectivity index (χ0v) is 17.0. The van der Waals surface area contributed by atoms with Gasteiger partial charge in [-0.3, -0.25) is 0 Å². The largest absolute Gasteiger partial charge is 0.386 e. The number of halogens is 2. The Hall–Kier alpha value is -2.47. The molecule has 2 aliphatic heterocycles. The third-order valence-electron chi connectivity index (χ3n) is 7.11. The van der Waals surface area contributed by atoms with Crippen molar-refractivity contribution in [1.82, 2.24) is 4.90 Å². The van der Waals surface area contributed by atoms with Gasteiger partial charge >= 0.3 is 0 Å². The summed E-state index contributed by atoms with van der Waals surface area (Å²) in [6.07, 6.45) is 6.10. The smallest absolute Gasteiger partial charge is 0.159 e. The van der Waals surface area contributed by atoms with Gasteiger partial charge in [0.2, 0.25) is 0 Å². The van der Waals surface area contributed by atoms with Crippen LogP contribution in [0.25, 0.3) is 0 Å². The summed E-state index contributed by atoms with van der Waals surface area (Å²) >= 11 is 0. The second-order valence-electron chi connectivity index (χ2n) is 8.74. The Morgan fingerprint density at radius 3 is 2.67 bits per heavy atom. The van der Waals surface area contributed by atoms with E-state index in [4.69, 9.17) is 10.6 Å². The topological polar surface area (TPSA) is 50.8 Å². The van der Waals surface area contributed by atoms with Gasteiger partial charge in [0.05, 0.1) is 12.5 Å². The van der Waals surface area contributed by atoms with Gasteiger partial charge in [-0.15, -0.1) is 0 Å². The molecule has 30 heavy (non-hydrogen) atoms. The third kappa shape index (κ3) is 3.18. The molecular weight excluding hydrogens is 384 g/mol. The van der Waals surface area contributed by atoms with Gasteiger partial charge in [0, 0.05) is 30.6 Å². The fraction of sp³-hybridized carbons (Fsp3) is 0.458. The van der Waals surface area contributed by atoms with E-state index in [1.54, 1.807) is 6.07 Å². The first-order chi connectivity index (χ1) is 14.6. The maximum atomic E-state index is 14.9. The minimum absolute atomic E-state index is 0.366. The van der Waals surface area contributed by atoms with E-state index in [1.807, 2.05) is 18.2 Å². The number of benzene rings is 2. The van der Waals surface area contributed by atoms with Gasteiger partial charge in [-0.25, -0.2) is 8.78 Å². The number of hydrogen-bond acceptors (Lipinski definition) is 4. The normalized spacial score (nSPS) is 26.4. The molecule has 4 nitrogen and oxygen atoms in total. The maximum absolute atomic E-state index is 14.9. The SMILES string of the molecule is NC[C@@]1(C2CCCC2)CC(N2CCc3ccccc3[C@@H]2c2ccc(F)cc2F)=NO1. The highest BCUT2D eigenvalue weighted by Gasteiger charge is 2.48. The minimum Gasteiger partial charge on any atom is -0.386 e. The zero-order chi connectivity index (χ0) is 20.7. The van der Waals surface area contributed by atoms with E-state index < -0.39 is 17.2 Å². The average molecular weight is 411 g/mol. The Balaban J connectivity index is 1.52. The standard InChI is InChI=1S/C24H27F2N3O/c25-18-9-10-20(21(26)13-18)23-19-8-4-1-5-16(19)11-12-29(23)22-14-24(15-27,30-28-22)17-6-2-3-7-17/h1,4-5,8-10,13,17,23H,2-3,6-7,11-12,14-15,27H2/t23-,24-/m1/s1. The van der Waals surface area contributed by atoms with Crippen LogP contribution in [-0.2, 0) is 11.3 Å². The first-order valence-corrected chi connectivity index (χ1v) is 10.9. The number of nitrogens with zero attached hydrogens (tertiary/aromatic N) is 2. The van der Waals surface area contributed by atoms with Crippen molar-refractivity contribution in [2.75, 3.05) is 13.1 Å². The lowest BCUT2D eigenvalue weighted by Gasteiger charge is -2.39. The first kappa shape index (κ1) is 19.5. The van der Waals surface area contributed by atoms with Crippen LogP contribution in [0.15, 0.2) is 47.6 Å². The summed E-state index contributed by atoms with van der Waals surface area (Å²) in [6.45, 7) is 1.12. The highest BCUT2D eigenvalue weighted by Crippen LogP contribution is 2.44. The molecule has 0 bridgehead atoms. The number of rotatable bonds is 3. The van der Waals surface area contributed by atoms with Crippen molar-refractivity contribution in [2.45, 2.75) is 50.2 Å². The number of nitrogens with two attached hydrogens (primary N) is 1. The summed E-state index contributed by atoms with van der Waals surface area (Å²) in [5, 5.41) is 4.49. The third-order valence-corrected chi connectivity index (χ3v) is 7.11. The summed E-state index contributed by atoms with van der Waals surface area (Å²) in [5.74, 6) is 0.108. The summed E-state index contributed by atoms with van der Waals surface area (Å²) in [5.41, 5.74) is 8.39. The van der Waals surface area contributed by atoms with Gasteiger partial charge in [0.1, 0.15) is 17.5 Å². The molecule has 2 N–H and O–H groups in total. The molecule has 0 spiro atoms. The lowest BCUT2D eigenvalue weighted by molar-refractivity contribution is -0.0548. The zero-order valence-electron chi connectivity index (χ0n) is 17.0. The lowest BCUT2D eigenvalue weighted by atomic mass is 9.82. The van der Waals surface area contributed by atoms with Gasteiger partial charge in [-0.2, -0.15) is 0 Å². The Kier molecular flexibility index (Phi) is 4.97. The van der Waals surface area contributed by atoms with E-state index in [1.165, 1.54) is 24.5 Å². The second kappa shape index (κ2) is 7.65. The number of hydrogen-bond donors (Lipinski definition) is 1. The monoisotopic (exact) mass is 411 g/mol. The molecule has 0 amide bonds. The minimum atomic E-state index is -0.572. The fourth-order valence-corrected chi connectivity index (χ4v) is 5.48. The Morgan fingerprint density at radius 1 is 1.10 bits per heavy atom. The lowest BCUT2D eigenvalue weighted by Crippen LogP contribution is -2.47. The van der Waals surface area contributed by atoms with Crippen molar-refractivity contribution in [2.24, 2.45) is 16.8 Å².